The van der Waals surface area contributed by atoms with Gasteiger partial charge in [0, 0.05) is 13.1 Å². The van der Waals surface area contributed by atoms with Gasteiger partial charge in [0.2, 0.25) is 0 Å². The van der Waals surface area contributed by atoms with Gasteiger partial charge in [-0.25, -0.2) is 15.0 Å². The predicted molar refractivity (Wildman–Crippen MR) is 81.4 cm³/mol. The van der Waals surface area contributed by atoms with Crippen LogP contribution in [0.4, 0.5) is 19.0 Å². The first-order valence-corrected chi connectivity index (χ1v) is 7.20. The maximum atomic E-state index is 12.3. The molecular weight excluding hydrogens is 323 g/mol. The molecule has 0 saturated carbocycles. The third-order valence-electron chi connectivity index (χ3n) is 3.33. The van der Waals surface area contributed by atoms with Gasteiger partial charge in [0.05, 0.1) is 6.33 Å². The third kappa shape index (κ3) is 3.55. The third-order valence-corrected chi connectivity index (χ3v) is 3.33. The van der Waals surface area contributed by atoms with Gasteiger partial charge in [-0.15, -0.1) is 13.2 Å². The summed E-state index contributed by atoms with van der Waals surface area (Å²) < 4.78 is 42.6. The van der Waals surface area contributed by atoms with Crippen LogP contribution >= 0.6 is 0 Å². The summed E-state index contributed by atoms with van der Waals surface area (Å²) in [5, 5.41) is 3.07. The number of hydrogen-bond donors (Lipinski definition) is 1. The Hall–Kier alpha value is -2.84. The van der Waals surface area contributed by atoms with Gasteiger partial charge in [-0.2, -0.15) is 0 Å². The van der Waals surface area contributed by atoms with Crippen molar-refractivity contribution in [2.24, 2.45) is 0 Å². The molecule has 2 heterocycles. The van der Waals surface area contributed by atoms with Gasteiger partial charge in [-0.3, -0.25) is 0 Å². The molecule has 6 nitrogen and oxygen atoms in total. The Kier molecular flexibility index (Phi) is 4.24. The second kappa shape index (κ2) is 6.34. The number of anilines is 1. The maximum Gasteiger partial charge on any atom is 0.573 e. The number of ether oxygens (including phenoxy) is 1. The minimum atomic E-state index is -4.71. The number of aromatic nitrogens is 4. The second-order valence-electron chi connectivity index (χ2n) is 4.97. The Morgan fingerprint density at radius 1 is 1.21 bits per heavy atom. The minimum Gasteiger partial charge on any atom is -0.406 e. The number of hydrogen-bond acceptors (Lipinski definition) is 5. The van der Waals surface area contributed by atoms with Gasteiger partial charge in [0.25, 0.3) is 0 Å². The van der Waals surface area contributed by atoms with Crippen LogP contribution in [0.25, 0.3) is 11.2 Å². The van der Waals surface area contributed by atoms with Crippen LogP contribution in [-0.2, 0) is 13.1 Å². The molecule has 0 aliphatic heterocycles. The molecule has 24 heavy (non-hydrogen) atoms. The lowest BCUT2D eigenvalue weighted by Crippen LogP contribution is -2.17. The van der Waals surface area contributed by atoms with Gasteiger partial charge in [0.15, 0.2) is 11.5 Å². The number of nitrogens with one attached hydrogen (secondary N) is 1. The van der Waals surface area contributed by atoms with Crippen molar-refractivity contribution >= 4 is 17.0 Å². The van der Waals surface area contributed by atoms with Crippen LogP contribution in [0.1, 0.15) is 12.5 Å². The lowest BCUT2D eigenvalue weighted by Gasteiger charge is -2.11. The normalized spacial score (nSPS) is 11.7. The smallest absolute Gasteiger partial charge is 0.406 e. The van der Waals surface area contributed by atoms with Crippen molar-refractivity contribution in [2.45, 2.75) is 26.4 Å². The first-order valence-electron chi connectivity index (χ1n) is 7.20. The van der Waals surface area contributed by atoms with E-state index in [4.69, 9.17) is 0 Å². The van der Waals surface area contributed by atoms with Gasteiger partial charge in [-0.05, 0) is 24.6 Å². The largest absolute Gasteiger partial charge is 0.573 e. The summed E-state index contributed by atoms with van der Waals surface area (Å²) in [7, 11) is 0. The summed E-state index contributed by atoms with van der Waals surface area (Å²) in [5.41, 5.74) is 1.93. The summed E-state index contributed by atoms with van der Waals surface area (Å²) in [4.78, 5) is 12.6. The number of benzene rings is 1. The lowest BCUT2D eigenvalue weighted by atomic mass is 10.2. The lowest BCUT2D eigenvalue weighted by molar-refractivity contribution is -0.274. The van der Waals surface area contributed by atoms with Crippen molar-refractivity contribution in [3.8, 4) is 5.75 Å². The Balaban J connectivity index is 1.77. The number of rotatable bonds is 5. The summed E-state index contributed by atoms with van der Waals surface area (Å²) in [6.07, 6.45) is -1.62. The zero-order chi connectivity index (χ0) is 17.2. The van der Waals surface area contributed by atoms with Crippen LogP contribution in [0.15, 0.2) is 36.9 Å². The molecule has 0 aliphatic rings. The molecule has 0 aliphatic carbocycles. The van der Waals surface area contributed by atoms with Crippen molar-refractivity contribution < 1.29 is 17.9 Å². The second-order valence-corrected chi connectivity index (χ2v) is 4.97. The molecule has 9 heteroatoms. The number of halogens is 3. The standard InChI is InChI=1S/C15H14F3N5O/c1-2-23-9-22-12-13(20-8-21-14(12)23)19-7-10-4-3-5-11(6-10)24-15(16,17)18/h3-6,8-9H,2,7H2,1H3,(H,19,20,21). The van der Waals surface area contributed by atoms with E-state index in [1.807, 2.05) is 11.5 Å². The summed E-state index contributed by atoms with van der Waals surface area (Å²) in [6.45, 7) is 2.98. The topological polar surface area (TPSA) is 64.9 Å². The van der Waals surface area contributed by atoms with E-state index in [1.165, 1.54) is 24.5 Å². The average molecular weight is 337 g/mol. The van der Waals surface area contributed by atoms with E-state index in [1.54, 1.807) is 12.4 Å². The van der Waals surface area contributed by atoms with E-state index in [0.717, 1.165) is 6.54 Å². The van der Waals surface area contributed by atoms with E-state index in [2.05, 4.69) is 25.0 Å². The average Bonchev–Trinajstić information content (AvgIpc) is 2.95. The van der Waals surface area contributed by atoms with Gasteiger partial charge < -0.3 is 14.6 Å². The highest BCUT2D eigenvalue weighted by molar-refractivity contribution is 5.82. The van der Waals surface area contributed by atoms with Crippen LogP contribution in [-0.4, -0.2) is 25.9 Å². The quantitative estimate of drug-likeness (QED) is 0.773. The highest BCUT2D eigenvalue weighted by Gasteiger charge is 2.31. The number of fused-ring (bicyclic) bond motifs is 1. The maximum absolute atomic E-state index is 12.3. The van der Waals surface area contributed by atoms with Crippen molar-refractivity contribution in [2.75, 3.05) is 5.32 Å². The first-order chi connectivity index (χ1) is 11.5. The zero-order valence-corrected chi connectivity index (χ0v) is 12.7. The molecule has 0 spiro atoms. The summed E-state index contributed by atoms with van der Waals surface area (Å²) >= 11 is 0. The number of alkyl halides is 3. The van der Waals surface area contributed by atoms with Crippen molar-refractivity contribution in [3.63, 3.8) is 0 Å². The fourth-order valence-electron chi connectivity index (χ4n) is 2.28. The Morgan fingerprint density at radius 3 is 2.79 bits per heavy atom. The molecule has 3 aromatic rings. The first kappa shape index (κ1) is 16.0. The number of imidazole rings is 1. The van der Waals surface area contributed by atoms with Crippen molar-refractivity contribution in [1.29, 1.82) is 0 Å². The van der Waals surface area contributed by atoms with E-state index in [0.29, 0.717) is 22.5 Å². The number of aryl methyl sites for hydroxylation is 1. The SMILES string of the molecule is CCn1cnc2c(NCc3cccc(OC(F)(F)F)c3)ncnc21. The summed E-state index contributed by atoms with van der Waals surface area (Å²) in [5.74, 6) is 0.263. The highest BCUT2D eigenvalue weighted by Crippen LogP contribution is 2.24. The predicted octanol–water partition coefficient (Wildman–Crippen LogP) is 3.36. The highest BCUT2D eigenvalue weighted by atomic mass is 19.4. The molecule has 0 unspecified atom stereocenters. The fourth-order valence-corrected chi connectivity index (χ4v) is 2.28. The summed E-state index contributed by atoms with van der Waals surface area (Å²) in [6, 6.07) is 5.77. The van der Waals surface area contributed by atoms with Crippen LogP contribution in [0, 0.1) is 0 Å². The molecule has 1 aromatic carbocycles. The molecule has 2 aromatic heterocycles. The van der Waals surface area contributed by atoms with Crippen LogP contribution in [0.5, 0.6) is 5.75 Å². The van der Waals surface area contributed by atoms with Crippen LogP contribution < -0.4 is 10.1 Å². The van der Waals surface area contributed by atoms with Gasteiger partial charge >= 0.3 is 6.36 Å². The number of nitrogens with zero attached hydrogens (tertiary/aromatic N) is 4. The van der Waals surface area contributed by atoms with Crippen LogP contribution in [0.3, 0.4) is 0 Å². The van der Waals surface area contributed by atoms with Gasteiger partial charge in [0.1, 0.15) is 17.6 Å². The van der Waals surface area contributed by atoms with Crippen LogP contribution in [0.2, 0.25) is 0 Å². The van der Waals surface area contributed by atoms with E-state index in [9.17, 15) is 13.2 Å². The van der Waals surface area contributed by atoms with E-state index in [-0.39, 0.29) is 12.3 Å². The molecular formula is C15H14F3N5O. The Morgan fingerprint density at radius 2 is 2.04 bits per heavy atom. The monoisotopic (exact) mass is 337 g/mol. The zero-order valence-electron chi connectivity index (χ0n) is 12.7. The van der Waals surface area contributed by atoms with Crippen molar-refractivity contribution in [3.05, 3.63) is 42.5 Å². The van der Waals surface area contributed by atoms with E-state index < -0.39 is 6.36 Å². The molecule has 0 saturated heterocycles. The molecule has 126 valence electrons. The Bertz CT molecular complexity index is 846. The molecule has 0 bridgehead atoms. The van der Waals surface area contributed by atoms with E-state index >= 15 is 0 Å². The van der Waals surface area contributed by atoms with Crippen molar-refractivity contribution in [1.82, 2.24) is 19.5 Å². The Labute approximate surface area is 135 Å². The van der Waals surface area contributed by atoms with Gasteiger partial charge in [-0.1, -0.05) is 12.1 Å². The molecule has 3 rings (SSSR count). The molecule has 0 atom stereocenters. The molecule has 1 N–H and O–H groups in total. The molecule has 0 fully saturated rings. The minimum absolute atomic E-state index is 0.259. The molecule has 0 amide bonds. The fraction of sp³-hybridized carbons (Fsp3) is 0.267. The molecule has 0 radical (unpaired) electrons.